The summed E-state index contributed by atoms with van der Waals surface area (Å²) in [5.74, 6) is 1.49. The number of hydrogen-bond donors (Lipinski definition) is 0. The zero-order valence-electron chi connectivity index (χ0n) is 9.90. The summed E-state index contributed by atoms with van der Waals surface area (Å²) in [6.45, 7) is 11.4. The molecule has 80 valence electrons. The van der Waals surface area contributed by atoms with Crippen molar-refractivity contribution in [1.82, 2.24) is 0 Å². The van der Waals surface area contributed by atoms with Crippen molar-refractivity contribution < 1.29 is 0 Å². The van der Waals surface area contributed by atoms with Crippen LogP contribution in [0.25, 0.3) is 0 Å². The Hall–Kier alpha value is -0.823. The molecule has 0 amide bonds. The number of benzene rings is 1. The number of rotatable bonds is 3. The minimum absolute atomic E-state index is 0.735. The molecule has 0 saturated heterocycles. The smallest absolute Gasteiger partial charge is 0.0487 e. The standard InChI is InChI=1S/C14H20Si/c1-5-12-13(14(12)15(2,3)4)11-9-7-6-8-10-11/h5-10,12-14H,1H2,2-4H3/t12-,13-,14+/m1/s1. The van der Waals surface area contributed by atoms with Gasteiger partial charge in [-0.3, -0.25) is 0 Å². The summed E-state index contributed by atoms with van der Waals surface area (Å²) in [6, 6.07) is 10.9. The quantitative estimate of drug-likeness (QED) is 0.522. The molecule has 0 nitrogen and oxygen atoms in total. The second-order valence-corrected chi connectivity index (χ2v) is 11.0. The molecule has 0 bridgehead atoms. The van der Waals surface area contributed by atoms with Crippen LogP contribution in [0.1, 0.15) is 11.5 Å². The van der Waals surface area contributed by atoms with E-state index in [2.05, 4.69) is 62.6 Å². The average molecular weight is 216 g/mol. The molecule has 0 unspecified atom stereocenters. The van der Waals surface area contributed by atoms with Crippen LogP contribution in [0.2, 0.25) is 25.2 Å². The highest BCUT2D eigenvalue weighted by Gasteiger charge is 2.54. The molecule has 1 aromatic rings. The van der Waals surface area contributed by atoms with E-state index in [4.69, 9.17) is 0 Å². The molecule has 1 heteroatoms. The third-order valence-electron chi connectivity index (χ3n) is 3.53. The topological polar surface area (TPSA) is 0 Å². The van der Waals surface area contributed by atoms with Crippen LogP contribution >= 0.6 is 0 Å². The van der Waals surface area contributed by atoms with Gasteiger partial charge in [0.25, 0.3) is 0 Å². The Balaban J connectivity index is 2.23. The van der Waals surface area contributed by atoms with Gasteiger partial charge in [-0.1, -0.05) is 56.0 Å². The fourth-order valence-corrected chi connectivity index (χ4v) is 5.73. The first kappa shape index (κ1) is 10.7. The maximum absolute atomic E-state index is 3.98. The predicted octanol–water partition coefficient (Wildman–Crippen LogP) is 4.29. The first-order valence-corrected chi connectivity index (χ1v) is 9.31. The van der Waals surface area contributed by atoms with Crippen LogP contribution in [0.15, 0.2) is 43.0 Å². The molecule has 0 aromatic heterocycles. The molecule has 1 aliphatic carbocycles. The third-order valence-corrected chi connectivity index (χ3v) is 6.28. The van der Waals surface area contributed by atoms with E-state index in [9.17, 15) is 0 Å². The normalized spacial score (nSPS) is 29.9. The first-order valence-electron chi connectivity index (χ1n) is 5.73. The molecule has 1 fully saturated rings. The number of allylic oxidation sites excluding steroid dienone is 1. The molecular formula is C14H20Si. The second-order valence-electron chi connectivity index (χ2n) is 5.64. The van der Waals surface area contributed by atoms with Gasteiger partial charge in [0.15, 0.2) is 0 Å². The van der Waals surface area contributed by atoms with E-state index in [-0.39, 0.29) is 0 Å². The summed E-state index contributed by atoms with van der Waals surface area (Å²) in [5.41, 5.74) is 2.41. The van der Waals surface area contributed by atoms with E-state index in [0.717, 1.165) is 17.4 Å². The highest BCUT2D eigenvalue weighted by molar-refractivity contribution is 6.78. The van der Waals surface area contributed by atoms with Crippen molar-refractivity contribution in [2.24, 2.45) is 5.92 Å². The van der Waals surface area contributed by atoms with Gasteiger partial charge in [0.05, 0.1) is 0 Å². The van der Waals surface area contributed by atoms with Gasteiger partial charge in [0.1, 0.15) is 0 Å². The summed E-state index contributed by atoms with van der Waals surface area (Å²) >= 11 is 0. The van der Waals surface area contributed by atoms with Crippen LogP contribution in [-0.4, -0.2) is 8.07 Å². The molecule has 1 aromatic carbocycles. The Bertz CT molecular complexity index is 347. The highest BCUT2D eigenvalue weighted by atomic mass is 28.3. The fraction of sp³-hybridized carbons (Fsp3) is 0.429. The second kappa shape index (κ2) is 3.64. The zero-order valence-corrected chi connectivity index (χ0v) is 10.9. The van der Waals surface area contributed by atoms with Crippen LogP contribution in [0.5, 0.6) is 0 Å². The van der Waals surface area contributed by atoms with Crippen LogP contribution in [0.3, 0.4) is 0 Å². The largest absolute Gasteiger partial charge is 0.103 e. The molecule has 0 spiro atoms. The predicted molar refractivity (Wildman–Crippen MR) is 70.0 cm³/mol. The minimum Gasteiger partial charge on any atom is -0.103 e. The lowest BCUT2D eigenvalue weighted by Gasteiger charge is -2.15. The Kier molecular flexibility index (Phi) is 2.59. The summed E-state index contributed by atoms with van der Waals surface area (Å²) in [7, 11) is -1.02. The van der Waals surface area contributed by atoms with E-state index in [0.29, 0.717) is 0 Å². The van der Waals surface area contributed by atoms with Gasteiger partial charge < -0.3 is 0 Å². The molecule has 0 radical (unpaired) electrons. The van der Waals surface area contributed by atoms with Gasteiger partial charge in [0, 0.05) is 8.07 Å². The van der Waals surface area contributed by atoms with Crippen LogP contribution in [-0.2, 0) is 0 Å². The lowest BCUT2D eigenvalue weighted by atomic mass is 10.1. The lowest BCUT2D eigenvalue weighted by molar-refractivity contribution is 1.01. The van der Waals surface area contributed by atoms with Crippen molar-refractivity contribution in [3.05, 3.63) is 48.6 Å². The highest BCUT2D eigenvalue weighted by Crippen LogP contribution is 2.64. The van der Waals surface area contributed by atoms with E-state index in [1.165, 1.54) is 5.56 Å². The zero-order chi connectivity index (χ0) is 11.1. The van der Waals surface area contributed by atoms with Crippen molar-refractivity contribution in [3.8, 4) is 0 Å². The molecule has 0 aliphatic heterocycles. The lowest BCUT2D eigenvalue weighted by Crippen LogP contribution is -2.21. The van der Waals surface area contributed by atoms with Gasteiger partial charge in [0.2, 0.25) is 0 Å². The molecule has 1 aliphatic rings. The van der Waals surface area contributed by atoms with Crippen LogP contribution < -0.4 is 0 Å². The third kappa shape index (κ3) is 1.93. The van der Waals surface area contributed by atoms with Gasteiger partial charge >= 0.3 is 0 Å². The van der Waals surface area contributed by atoms with E-state index >= 15 is 0 Å². The first-order chi connectivity index (χ1) is 7.05. The summed E-state index contributed by atoms with van der Waals surface area (Å²) in [4.78, 5) is 0. The monoisotopic (exact) mass is 216 g/mol. The maximum Gasteiger partial charge on any atom is 0.0487 e. The molecular weight excluding hydrogens is 196 g/mol. The Labute approximate surface area is 94.0 Å². The van der Waals surface area contributed by atoms with E-state index in [1.54, 1.807) is 0 Å². The Morgan fingerprint density at radius 3 is 2.13 bits per heavy atom. The summed E-state index contributed by atoms with van der Waals surface area (Å²) in [6.07, 6.45) is 2.17. The van der Waals surface area contributed by atoms with E-state index < -0.39 is 8.07 Å². The SMILES string of the molecule is C=C[C@@H]1[C@@H](c2ccccc2)[C@H]1[Si](C)(C)C. The van der Waals surface area contributed by atoms with Crippen LogP contribution in [0, 0.1) is 5.92 Å². The molecule has 2 rings (SSSR count). The van der Waals surface area contributed by atoms with E-state index in [1.807, 2.05) is 0 Å². The van der Waals surface area contributed by atoms with Crippen molar-refractivity contribution in [1.29, 1.82) is 0 Å². The van der Waals surface area contributed by atoms with Crippen LogP contribution in [0.4, 0.5) is 0 Å². The van der Waals surface area contributed by atoms with Gasteiger partial charge in [-0.05, 0) is 22.9 Å². The van der Waals surface area contributed by atoms with Crippen molar-refractivity contribution in [3.63, 3.8) is 0 Å². The van der Waals surface area contributed by atoms with Crippen molar-refractivity contribution in [2.45, 2.75) is 31.1 Å². The van der Waals surface area contributed by atoms with Gasteiger partial charge in [-0.2, -0.15) is 0 Å². The average Bonchev–Trinajstić information content (AvgIpc) is 2.92. The van der Waals surface area contributed by atoms with Gasteiger partial charge in [-0.15, -0.1) is 6.58 Å². The Morgan fingerprint density at radius 1 is 1.13 bits per heavy atom. The Morgan fingerprint density at radius 2 is 1.73 bits per heavy atom. The maximum atomic E-state index is 3.98. The minimum atomic E-state index is -1.02. The fourth-order valence-electron chi connectivity index (χ4n) is 2.85. The molecule has 3 atom stereocenters. The van der Waals surface area contributed by atoms with Gasteiger partial charge in [-0.25, -0.2) is 0 Å². The molecule has 15 heavy (non-hydrogen) atoms. The molecule has 0 heterocycles. The molecule has 0 N–H and O–H groups in total. The van der Waals surface area contributed by atoms with Crippen molar-refractivity contribution in [2.75, 3.05) is 0 Å². The summed E-state index contributed by atoms with van der Waals surface area (Å²) in [5, 5.41) is 0. The molecule has 1 saturated carbocycles. The van der Waals surface area contributed by atoms with Crippen molar-refractivity contribution >= 4 is 8.07 Å². The number of hydrogen-bond acceptors (Lipinski definition) is 0. The summed E-state index contributed by atoms with van der Waals surface area (Å²) < 4.78 is 0.